The maximum absolute atomic E-state index is 11.9. The van der Waals surface area contributed by atoms with Crippen LogP contribution in [0.3, 0.4) is 0 Å². The van der Waals surface area contributed by atoms with Gasteiger partial charge in [-0.05, 0) is 25.7 Å². The molecule has 2 aliphatic rings. The van der Waals surface area contributed by atoms with Gasteiger partial charge in [0.15, 0.2) is 5.96 Å². The Morgan fingerprint density at radius 3 is 2.64 bits per heavy atom. The Morgan fingerprint density at radius 1 is 1.24 bits per heavy atom. The number of nitrogens with zero attached hydrogens (tertiary/aromatic N) is 3. The van der Waals surface area contributed by atoms with Crippen LogP contribution in [0.4, 0.5) is 0 Å². The molecule has 0 aromatic heterocycles. The van der Waals surface area contributed by atoms with Crippen LogP contribution in [-0.4, -0.2) is 87.2 Å². The number of rotatable bonds is 9. The number of guanidine groups is 1. The smallest absolute Gasteiger partial charge is 0.234 e. The zero-order chi connectivity index (χ0) is 18.1. The third kappa shape index (κ3) is 6.82. The minimum atomic E-state index is 0.0754. The van der Waals surface area contributed by atoms with Crippen LogP contribution in [0.2, 0.25) is 0 Å². The highest BCUT2D eigenvalue weighted by Gasteiger charge is 2.37. The number of carbonyl (C=O) groups excluding carboxylic acids is 1. The van der Waals surface area contributed by atoms with Gasteiger partial charge >= 0.3 is 0 Å². The molecular weight excluding hydrogens is 318 g/mol. The highest BCUT2D eigenvalue weighted by molar-refractivity contribution is 5.81. The molecule has 0 spiro atoms. The van der Waals surface area contributed by atoms with Crippen molar-refractivity contribution >= 4 is 11.9 Å². The predicted molar refractivity (Wildman–Crippen MR) is 101 cm³/mol. The number of methoxy groups -OCH3 is 1. The Kier molecular flexibility index (Phi) is 8.48. The summed E-state index contributed by atoms with van der Waals surface area (Å²) in [5, 5.41) is 6.53. The van der Waals surface area contributed by atoms with Crippen molar-refractivity contribution in [3.63, 3.8) is 0 Å². The van der Waals surface area contributed by atoms with Gasteiger partial charge < -0.3 is 20.3 Å². The van der Waals surface area contributed by atoms with Crippen molar-refractivity contribution in [3.05, 3.63) is 0 Å². The lowest BCUT2D eigenvalue weighted by molar-refractivity contribution is -0.122. The lowest BCUT2D eigenvalue weighted by Gasteiger charge is -2.36. The fourth-order valence-corrected chi connectivity index (χ4v) is 3.34. The third-order valence-electron chi connectivity index (χ3n) is 4.87. The van der Waals surface area contributed by atoms with Gasteiger partial charge in [0, 0.05) is 52.4 Å². The van der Waals surface area contributed by atoms with Crippen LogP contribution in [0.1, 0.15) is 33.1 Å². The van der Waals surface area contributed by atoms with Crippen molar-refractivity contribution in [3.8, 4) is 0 Å². The van der Waals surface area contributed by atoms with Crippen molar-refractivity contribution < 1.29 is 9.53 Å². The van der Waals surface area contributed by atoms with E-state index in [-0.39, 0.29) is 5.91 Å². The van der Waals surface area contributed by atoms with Crippen molar-refractivity contribution in [2.45, 2.75) is 39.2 Å². The summed E-state index contributed by atoms with van der Waals surface area (Å²) in [6.45, 7) is 10.4. The van der Waals surface area contributed by atoms with Gasteiger partial charge in [-0.1, -0.05) is 13.3 Å². The first-order chi connectivity index (χ1) is 12.2. The summed E-state index contributed by atoms with van der Waals surface area (Å²) < 4.78 is 4.95. The van der Waals surface area contributed by atoms with Gasteiger partial charge in [0.05, 0.1) is 13.2 Å². The number of hydrogen-bond acceptors (Lipinski definition) is 4. The second kappa shape index (κ2) is 10.6. The minimum absolute atomic E-state index is 0.0754. The number of hydrogen-bond donors (Lipinski definition) is 2. The molecule has 1 saturated heterocycles. The second-order valence-corrected chi connectivity index (χ2v) is 6.94. The SMILES string of the molecule is CCCC1CC1NC(=NCC)N1CCN(CC(=O)NCCOC)CC1. The lowest BCUT2D eigenvalue weighted by Crippen LogP contribution is -2.54. The molecule has 7 nitrogen and oxygen atoms in total. The largest absolute Gasteiger partial charge is 0.383 e. The molecule has 1 aliphatic heterocycles. The summed E-state index contributed by atoms with van der Waals surface area (Å²) in [4.78, 5) is 21.1. The molecule has 7 heteroatoms. The standard InChI is InChI=1S/C18H35N5O2/c1-4-6-15-13-16(15)21-18(19-5-2)23-10-8-22(9-11-23)14-17(24)20-7-12-25-3/h15-16H,4-14H2,1-3H3,(H,19,21)(H,20,24). The van der Waals surface area contributed by atoms with E-state index in [1.165, 1.54) is 19.3 Å². The fourth-order valence-electron chi connectivity index (χ4n) is 3.34. The molecule has 2 N–H and O–H groups in total. The summed E-state index contributed by atoms with van der Waals surface area (Å²) in [5.41, 5.74) is 0. The van der Waals surface area contributed by atoms with E-state index in [2.05, 4.69) is 39.3 Å². The molecule has 2 rings (SSSR count). The summed E-state index contributed by atoms with van der Waals surface area (Å²) in [7, 11) is 1.64. The second-order valence-electron chi connectivity index (χ2n) is 6.94. The number of carbonyl (C=O) groups is 1. The Labute approximate surface area is 152 Å². The van der Waals surface area contributed by atoms with Crippen LogP contribution in [-0.2, 0) is 9.53 Å². The van der Waals surface area contributed by atoms with E-state index < -0.39 is 0 Å². The van der Waals surface area contributed by atoms with Crippen LogP contribution in [0, 0.1) is 5.92 Å². The number of nitrogens with one attached hydrogen (secondary N) is 2. The molecule has 1 heterocycles. The topological polar surface area (TPSA) is 69.2 Å². The van der Waals surface area contributed by atoms with E-state index in [1.807, 2.05) is 0 Å². The van der Waals surface area contributed by atoms with E-state index in [1.54, 1.807) is 7.11 Å². The maximum atomic E-state index is 11.9. The van der Waals surface area contributed by atoms with Gasteiger partial charge in [-0.15, -0.1) is 0 Å². The molecule has 2 unspecified atom stereocenters. The number of piperazine rings is 1. The zero-order valence-corrected chi connectivity index (χ0v) is 16.1. The van der Waals surface area contributed by atoms with E-state index in [4.69, 9.17) is 4.74 Å². The van der Waals surface area contributed by atoms with Gasteiger partial charge in [-0.3, -0.25) is 14.7 Å². The van der Waals surface area contributed by atoms with Gasteiger partial charge in [0.25, 0.3) is 0 Å². The maximum Gasteiger partial charge on any atom is 0.234 e. The minimum Gasteiger partial charge on any atom is -0.383 e. The van der Waals surface area contributed by atoms with E-state index in [9.17, 15) is 4.79 Å². The molecule has 25 heavy (non-hydrogen) atoms. The van der Waals surface area contributed by atoms with E-state index in [0.29, 0.717) is 25.7 Å². The van der Waals surface area contributed by atoms with Crippen molar-refractivity contribution in [1.29, 1.82) is 0 Å². The van der Waals surface area contributed by atoms with Gasteiger partial charge in [-0.2, -0.15) is 0 Å². The zero-order valence-electron chi connectivity index (χ0n) is 16.1. The monoisotopic (exact) mass is 353 g/mol. The van der Waals surface area contributed by atoms with Crippen molar-refractivity contribution in [2.75, 3.05) is 59.5 Å². The average Bonchev–Trinajstić information content (AvgIpc) is 3.33. The molecule has 144 valence electrons. The Balaban J connectivity index is 1.71. The van der Waals surface area contributed by atoms with Gasteiger partial charge in [0.1, 0.15) is 0 Å². The third-order valence-corrected chi connectivity index (χ3v) is 4.87. The molecule has 2 atom stereocenters. The number of aliphatic imine (C=N–C) groups is 1. The molecular formula is C18H35N5O2. The Morgan fingerprint density at radius 2 is 2.00 bits per heavy atom. The van der Waals surface area contributed by atoms with Gasteiger partial charge in [0.2, 0.25) is 5.91 Å². The first-order valence-electron chi connectivity index (χ1n) is 9.71. The molecule has 2 fully saturated rings. The Hall–Kier alpha value is -1.34. The van der Waals surface area contributed by atoms with E-state index in [0.717, 1.165) is 44.6 Å². The number of ether oxygens (including phenoxy) is 1. The van der Waals surface area contributed by atoms with Crippen molar-refractivity contribution in [1.82, 2.24) is 20.4 Å². The summed E-state index contributed by atoms with van der Waals surface area (Å²) in [6.07, 6.45) is 3.84. The lowest BCUT2D eigenvalue weighted by atomic mass is 10.2. The van der Waals surface area contributed by atoms with Crippen LogP contribution in [0.25, 0.3) is 0 Å². The van der Waals surface area contributed by atoms with Crippen LogP contribution in [0.5, 0.6) is 0 Å². The Bertz CT molecular complexity index is 435. The average molecular weight is 354 g/mol. The molecule has 1 aliphatic carbocycles. The summed E-state index contributed by atoms with van der Waals surface area (Å²) in [5.74, 6) is 1.95. The van der Waals surface area contributed by atoms with Crippen LogP contribution in [0.15, 0.2) is 4.99 Å². The van der Waals surface area contributed by atoms with Gasteiger partial charge in [-0.25, -0.2) is 0 Å². The quantitative estimate of drug-likeness (QED) is 0.359. The van der Waals surface area contributed by atoms with Crippen molar-refractivity contribution in [2.24, 2.45) is 10.9 Å². The molecule has 1 amide bonds. The first-order valence-corrected chi connectivity index (χ1v) is 9.71. The predicted octanol–water partition coefficient (Wildman–Crippen LogP) is 0.521. The highest BCUT2D eigenvalue weighted by atomic mass is 16.5. The summed E-state index contributed by atoms with van der Waals surface area (Å²) in [6, 6.07) is 0.606. The molecule has 0 radical (unpaired) electrons. The van der Waals surface area contributed by atoms with Crippen LogP contribution >= 0.6 is 0 Å². The fraction of sp³-hybridized carbons (Fsp3) is 0.889. The number of amides is 1. The first kappa shape index (κ1) is 20.0. The molecule has 0 aromatic rings. The molecule has 0 aromatic carbocycles. The van der Waals surface area contributed by atoms with Crippen LogP contribution < -0.4 is 10.6 Å². The highest BCUT2D eigenvalue weighted by Crippen LogP contribution is 2.34. The molecule has 1 saturated carbocycles. The summed E-state index contributed by atoms with van der Waals surface area (Å²) >= 11 is 0. The molecule has 0 bridgehead atoms. The van der Waals surface area contributed by atoms with E-state index >= 15 is 0 Å². The normalized spacial score (nSPS) is 24.3.